The summed E-state index contributed by atoms with van der Waals surface area (Å²) < 4.78 is 21.9. The van der Waals surface area contributed by atoms with E-state index in [4.69, 9.17) is 35.8 Å². The molecule has 0 spiro atoms. The van der Waals surface area contributed by atoms with Crippen molar-refractivity contribution < 1.29 is 18.9 Å². The van der Waals surface area contributed by atoms with Gasteiger partial charge in [-0.1, -0.05) is 17.7 Å². The van der Waals surface area contributed by atoms with Gasteiger partial charge in [-0.3, -0.25) is 0 Å². The van der Waals surface area contributed by atoms with E-state index in [0.29, 0.717) is 41.0 Å². The summed E-state index contributed by atoms with van der Waals surface area (Å²) in [5.74, 6) is 2.27. The van der Waals surface area contributed by atoms with Crippen LogP contribution in [0.3, 0.4) is 0 Å². The number of nitriles is 1. The fourth-order valence-electron chi connectivity index (χ4n) is 2.03. The lowest BCUT2D eigenvalue weighted by Gasteiger charge is -2.14. The van der Waals surface area contributed by atoms with Gasteiger partial charge in [0.1, 0.15) is 24.7 Å². The smallest absolute Gasteiger partial charge is 0.179 e. The maximum Gasteiger partial charge on any atom is 0.179 e. The first-order valence-electron chi connectivity index (χ1n) is 7.44. The van der Waals surface area contributed by atoms with Crippen LogP contribution in [0.5, 0.6) is 23.0 Å². The van der Waals surface area contributed by atoms with E-state index in [1.165, 1.54) is 0 Å². The third-order valence-corrected chi connectivity index (χ3v) is 3.36. The molecule has 0 aromatic heterocycles. The van der Waals surface area contributed by atoms with E-state index >= 15 is 0 Å². The Bertz CT molecular complexity index is 727. The molecule has 0 atom stereocenters. The van der Waals surface area contributed by atoms with E-state index < -0.39 is 0 Å². The van der Waals surface area contributed by atoms with Gasteiger partial charge >= 0.3 is 0 Å². The topological polar surface area (TPSA) is 60.7 Å². The SMILES string of the molecule is CCOc1cc(C#N)cc(Cl)c1OCCOc1cccc(OC)c1. The van der Waals surface area contributed by atoms with E-state index in [2.05, 4.69) is 0 Å². The third-order valence-electron chi connectivity index (χ3n) is 3.08. The average molecular weight is 348 g/mol. The molecule has 0 aliphatic carbocycles. The van der Waals surface area contributed by atoms with Gasteiger partial charge in [0.15, 0.2) is 11.5 Å². The molecule has 24 heavy (non-hydrogen) atoms. The molecule has 0 aliphatic rings. The van der Waals surface area contributed by atoms with Gasteiger partial charge in [0.2, 0.25) is 0 Å². The van der Waals surface area contributed by atoms with Crippen LogP contribution in [0.4, 0.5) is 0 Å². The molecule has 0 heterocycles. The van der Waals surface area contributed by atoms with Gasteiger partial charge in [-0.2, -0.15) is 5.26 Å². The van der Waals surface area contributed by atoms with Crippen LogP contribution < -0.4 is 18.9 Å². The third kappa shape index (κ3) is 4.71. The number of methoxy groups -OCH3 is 1. The summed E-state index contributed by atoms with van der Waals surface area (Å²) in [5, 5.41) is 9.33. The standard InChI is InChI=1S/C18H18ClNO4/c1-3-22-17-10-13(12-20)9-16(19)18(17)24-8-7-23-15-6-4-5-14(11-15)21-2/h4-6,9-11H,3,7-8H2,1-2H3. The van der Waals surface area contributed by atoms with E-state index in [1.54, 1.807) is 25.3 Å². The van der Waals surface area contributed by atoms with Crippen molar-refractivity contribution in [2.45, 2.75) is 6.92 Å². The minimum absolute atomic E-state index is 0.281. The largest absolute Gasteiger partial charge is 0.497 e. The monoisotopic (exact) mass is 347 g/mol. The number of rotatable bonds is 8. The number of hydrogen-bond acceptors (Lipinski definition) is 5. The average Bonchev–Trinajstić information content (AvgIpc) is 2.60. The number of halogens is 1. The zero-order chi connectivity index (χ0) is 17.4. The Labute approximate surface area is 146 Å². The van der Waals surface area contributed by atoms with E-state index in [1.807, 2.05) is 31.2 Å². The van der Waals surface area contributed by atoms with Crippen LogP contribution in [-0.2, 0) is 0 Å². The summed E-state index contributed by atoms with van der Waals surface area (Å²) in [6, 6.07) is 12.5. The van der Waals surface area contributed by atoms with Crippen LogP contribution in [-0.4, -0.2) is 26.9 Å². The second kappa shape index (κ2) is 8.90. The van der Waals surface area contributed by atoms with Crippen molar-refractivity contribution >= 4 is 11.6 Å². The van der Waals surface area contributed by atoms with Crippen molar-refractivity contribution in [2.24, 2.45) is 0 Å². The van der Waals surface area contributed by atoms with Gasteiger partial charge in [0.05, 0.1) is 30.4 Å². The highest BCUT2D eigenvalue weighted by Crippen LogP contribution is 2.36. The Kier molecular flexibility index (Phi) is 6.59. The molecule has 0 fully saturated rings. The van der Waals surface area contributed by atoms with Crippen LogP contribution in [0, 0.1) is 11.3 Å². The van der Waals surface area contributed by atoms with Crippen molar-refractivity contribution in [3.05, 3.63) is 47.0 Å². The molecule has 2 aromatic carbocycles. The predicted molar refractivity (Wildman–Crippen MR) is 91.3 cm³/mol. The molecule has 0 saturated carbocycles. The highest BCUT2D eigenvalue weighted by Gasteiger charge is 2.12. The molecular weight excluding hydrogens is 330 g/mol. The highest BCUT2D eigenvalue weighted by molar-refractivity contribution is 6.32. The summed E-state index contributed by atoms with van der Waals surface area (Å²) in [6.07, 6.45) is 0. The summed E-state index contributed by atoms with van der Waals surface area (Å²) in [6.45, 7) is 2.91. The van der Waals surface area contributed by atoms with Gasteiger partial charge in [-0.15, -0.1) is 0 Å². The van der Waals surface area contributed by atoms with Crippen molar-refractivity contribution in [1.29, 1.82) is 5.26 Å². The highest BCUT2D eigenvalue weighted by atomic mass is 35.5. The molecular formula is C18H18ClNO4. The Hall–Kier alpha value is -2.58. The molecule has 6 heteroatoms. The fourth-order valence-corrected chi connectivity index (χ4v) is 2.30. The van der Waals surface area contributed by atoms with Crippen LogP contribution in [0.2, 0.25) is 5.02 Å². The van der Waals surface area contributed by atoms with Crippen molar-refractivity contribution in [1.82, 2.24) is 0 Å². The summed E-state index contributed by atoms with van der Waals surface area (Å²) >= 11 is 6.17. The van der Waals surface area contributed by atoms with Crippen LogP contribution in [0.1, 0.15) is 12.5 Å². The second-order valence-electron chi connectivity index (χ2n) is 4.71. The van der Waals surface area contributed by atoms with Gasteiger partial charge in [0, 0.05) is 12.1 Å². The number of nitrogens with zero attached hydrogens (tertiary/aromatic N) is 1. The fraction of sp³-hybridized carbons (Fsp3) is 0.278. The Morgan fingerprint density at radius 2 is 1.79 bits per heavy atom. The molecule has 2 aromatic rings. The van der Waals surface area contributed by atoms with Crippen LogP contribution in [0.25, 0.3) is 0 Å². The quantitative estimate of drug-likeness (QED) is 0.673. The van der Waals surface area contributed by atoms with Gasteiger partial charge in [-0.05, 0) is 25.1 Å². The normalized spacial score (nSPS) is 9.92. The summed E-state index contributed by atoms with van der Waals surface area (Å²) in [5.41, 5.74) is 0.420. The lowest BCUT2D eigenvalue weighted by atomic mass is 10.2. The van der Waals surface area contributed by atoms with Crippen molar-refractivity contribution in [3.8, 4) is 29.1 Å². The summed E-state index contributed by atoms with van der Waals surface area (Å²) in [4.78, 5) is 0. The molecule has 0 unspecified atom stereocenters. The van der Waals surface area contributed by atoms with Crippen LogP contribution >= 0.6 is 11.6 Å². The predicted octanol–water partition coefficient (Wildman–Crippen LogP) is 4.08. The molecule has 2 rings (SSSR count). The van der Waals surface area contributed by atoms with Crippen molar-refractivity contribution in [2.75, 3.05) is 26.9 Å². The molecule has 126 valence electrons. The number of ether oxygens (including phenoxy) is 4. The van der Waals surface area contributed by atoms with Crippen LogP contribution in [0.15, 0.2) is 36.4 Å². The molecule has 0 N–H and O–H groups in total. The first-order valence-corrected chi connectivity index (χ1v) is 7.81. The zero-order valence-electron chi connectivity index (χ0n) is 13.5. The Morgan fingerprint density at radius 1 is 1.04 bits per heavy atom. The second-order valence-corrected chi connectivity index (χ2v) is 5.11. The lowest BCUT2D eigenvalue weighted by molar-refractivity contribution is 0.208. The lowest BCUT2D eigenvalue weighted by Crippen LogP contribution is -2.10. The first-order chi connectivity index (χ1) is 11.7. The van der Waals surface area contributed by atoms with Gasteiger partial charge < -0.3 is 18.9 Å². The molecule has 0 amide bonds. The Morgan fingerprint density at radius 3 is 2.50 bits per heavy atom. The number of benzene rings is 2. The maximum absolute atomic E-state index is 8.99. The van der Waals surface area contributed by atoms with Gasteiger partial charge in [-0.25, -0.2) is 0 Å². The van der Waals surface area contributed by atoms with Crippen molar-refractivity contribution in [3.63, 3.8) is 0 Å². The molecule has 0 aliphatic heterocycles. The molecule has 0 bridgehead atoms. The van der Waals surface area contributed by atoms with E-state index in [0.717, 1.165) is 5.75 Å². The zero-order valence-corrected chi connectivity index (χ0v) is 14.3. The minimum Gasteiger partial charge on any atom is -0.497 e. The first kappa shape index (κ1) is 17.8. The molecule has 5 nitrogen and oxygen atoms in total. The van der Waals surface area contributed by atoms with E-state index in [-0.39, 0.29) is 6.61 Å². The van der Waals surface area contributed by atoms with Gasteiger partial charge in [0.25, 0.3) is 0 Å². The maximum atomic E-state index is 8.99. The Balaban J connectivity index is 1.97. The molecule has 0 radical (unpaired) electrons. The minimum atomic E-state index is 0.281. The number of hydrogen-bond donors (Lipinski definition) is 0. The summed E-state index contributed by atoms with van der Waals surface area (Å²) in [7, 11) is 1.60. The molecule has 0 saturated heterocycles. The van der Waals surface area contributed by atoms with E-state index in [9.17, 15) is 0 Å².